The summed E-state index contributed by atoms with van der Waals surface area (Å²) >= 11 is 1.64. The minimum absolute atomic E-state index is 0.418. The standard InChI is InChI=1S/C15H23NO2S/c1-15(2,13(16)14(17)18)19-11-7-6-10-12-8-4-3-5-9-12/h3-5,8-9,13H,6-7,10-11,16H2,1-2H3,(H,17,18)/t13-/m1/s1. The number of thioether (sulfide) groups is 1. The summed E-state index contributed by atoms with van der Waals surface area (Å²) in [5.41, 5.74) is 7.04. The Bertz CT molecular complexity index is 392. The Kier molecular flexibility index (Phi) is 6.38. The molecule has 0 aliphatic carbocycles. The molecular formula is C15H23NO2S. The molecule has 0 saturated carbocycles. The van der Waals surface area contributed by atoms with E-state index in [1.54, 1.807) is 11.8 Å². The Labute approximate surface area is 119 Å². The Hall–Kier alpha value is -1.00. The Balaban J connectivity index is 2.22. The minimum Gasteiger partial charge on any atom is -0.480 e. The van der Waals surface area contributed by atoms with Crippen molar-refractivity contribution in [3.05, 3.63) is 35.9 Å². The van der Waals surface area contributed by atoms with Crippen LogP contribution in [0, 0.1) is 0 Å². The summed E-state index contributed by atoms with van der Waals surface area (Å²) in [5.74, 6) is 0.0163. The number of unbranched alkanes of at least 4 members (excludes halogenated alkanes) is 1. The number of rotatable bonds is 8. The number of hydrogen-bond donors (Lipinski definition) is 2. The van der Waals surface area contributed by atoms with Crippen molar-refractivity contribution in [3.63, 3.8) is 0 Å². The van der Waals surface area contributed by atoms with Crippen molar-refractivity contribution < 1.29 is 9.90 Å². The Morgan fingerprint density at radius 2 is 1.95 bits per heavy atom. The predicted octanol–water partition coefficient (Wildman–Crippen LogP) is 2.93. The molecule has 0 aromatic heterocycles. The SMILES string of the molecule is CC(C)(SCCCCc1ccccc1)[C@H](N)C(=O)O. The quantitative estimate of drug-likeness (QED) is 0.719. The first-order valence-corrected chi connectivity index (χ1v) is 7.58. The zero-order valence-corrected chi connectivity index (χ0v) is 12.5. The summed E-state index contributed by atoms with van der Waals surface area (Å²) in [7, 11) is 0. The maximum absolute atomic E-state index is 10.9. The number of hydrogen-bond acceptors (Lipinski definition) is 3. The highest BCUT2D eigenvalue weighted by Gasteiger charge is 2.32. The average molecular weight is 281 g/mol. The number of carbonyl (C=O) groups is 1. The smallest absolute Gasteiger partial charge is 0.321 e. The molecule has 0 aliphatic rings. The number of carboxylic acid groups (broad SMARTS) is 1. The number of aryl methyl sites for hydroxylation is 1. The molecule has 3 nitrogen and oxygen atoms in total. The van der Waals surface area contributed by atoms with Crippen LogP contribution in [0.3, 0.4) is 0 Å². The van der Waals surface area contributed by atoms with Crippen molar-refractivity contribution in [1.82, 2.24) is 0 Å². The highest BCUT2D eigenvalue weighted by Crippen LogP contribution is 2.28. The van der Waals surface area contributed by atoms with Crippen LogP contribution in [0.2, 0.25) is 0 Å². The molecule has 0 aliphatic heterocycles. The van der Waals surface area contributed by atoms with E-state index in [1.807, 2.05) is 19.9 Å². The van der Waals surface area contributed by atoms with Crippen molar-refractivity contribution in [2.24, 2.45) is 5.73 Å². The first-order chi connectivity index (χ1) is 8.93. The van der Waals surface area contributed by atoms with Crippen LogP contribution in [-0.4, -0.2) is 27.6 Å². The van der Waals surface area contributed by atoms with Gasteiger partial charge in [0, 0.05) is 4.75 Å². The summed E-state index contributed by atoms with van der Waals surface area (Å²) in [4.78, 5) is 10.9. The van der Waals surface area contributed by atoms with Crippen LogP contribution in [0.5, 0.6) is 0 Å². The van der Waals surface area contributed by atoms with Crippen LogP contribution in [0.1, 0.15) is 32.3 Å². The van der Waals surface area contributed by atoms with Crippen molar-refractivity contribution in [1.29, 1.82) is 0 Å². The van der Waals surface area contributed by atoms with Crippen LogP contribution in [-0.2, 0) is 11.2 Å². The van der Waals surface area contributed by atoms with Gasteiger partial charge in [0.2, 0.25) is 0 Å². The lowest BCUT2D eigenvalue weighted by Crippen LogP contribution is -2.46. The van der Waals surface area contributed by atoms with Crippen molar-refractivity contribution in [2.75, 3.05) is 5.75 Å². The highest BCUT2D eigenvalue weighted by molar-refractivity contribution is 8.00. The van der Waals surface area contributed by atoms with Gasteiger partial charge < -0.3 is 10.8 Å². The van der Waals surface area contributed by atoms with Gasteiger partial charge in [0.05, 0.1) is 0 Å². The van der Waals surface area contributed by atoms with Gasteiger partial charge in [-0.15, -0.1) is 0 Å². The lowest BCUT2D eigenvalue weighted by Gasteiger charge is -2.27. The third kappa shape index (κ3) is 5.66. The van der Waals surface area contributed by atoms with E-state index in [4.69, 9.17) is 10.8 Å². The number of carboxylic acids is 1. The van der Waals surface area contributed by atoms with E-state index in [9.17, 15) is 4.79 Å². The van der Waals surface area contributed by atoms with E-state index in [1.165, 1.54) is 5.56 Å². The van der Waals surface area contributed by atoms with Crippen LogP contribution < -0.4 is 5.73 Å². The predicted molar refractivity (Wildman–Crippen MR) is 81.5 cm³/mol. The van der Waals surface area contributed by atoms with E-state index in [0.29, 0.717) is 0 Å². The first-order valence-electron chi connectivity index (χ1n) is 6.60. The number of nitrogens with two attached hydrogens (primary N) is 1. The van der Waals surface area contributed by atoms with Gasteiger partial charge in [-0.3, -0.25) is 4.79 Å². The minimum atomic E-state index is -0.929. The van der Waals surface area contributed by atoms with Gasteiger partial charge in [-0.05, 0) is 44.4 Å². The van der Waals surface area contributed by atoms with Crippen LogP contribution in [0.4, 0.5) is 0 Å². The van der Waals surface area contributed by atoms with E-state index in [0.717, 1.165) is 25.0 Å². The second-order valence-corrected chi connectivity index (χ2v) is 6.96. The molecule has 0 spiro atoms. The third-order valence-electron chi connectivity index (χ3n) is 3.19. The molecule has 0 amide bonds. The van der Waals surface area contributed by atoms with E-state index < -0.39 is 16.8 Å². The van der Waals surface area contributed by atoms with Crippen molar-refractivity contribution in [2.45, 2.75) is 43.9 Å². The fourth-order valence-corrected chi connectivity index (χ4v) is 2.95. The first kappa shape index (κ1) is 16.1. The van der Waals surface area contributed by atoms with Crippen LogP contribution in [0.25, 0.3) is 0 Å². The van der Waals surface area contributed by atoms with Crippen LogP contribution >= 0.6 is 11.8 Å². The maximum atomic E-state index is 10.9. The van der Waals surface area contributed by atoms with Gasteiger partial charge in [0.1, 0.15) is 6.04 Å². The van der Waals surface area contributed by atoms with Gasteiger partial charge in [-0.2, -0.15) is 11.8 Å². The summed E-state index contributed by atoms with van der Waals surface area (Å²) in [6, 6.07) is 9.59. The van der Waals surface area contributed by atoms with Crippen LogP contribution in [0.15, 0.2) is 30.3 Å². The molecule has 0 unspecified atom stereocenters. The fourth-order valence-electron chi connectivity index (χ4n) is 1.80. The summed E-state index contributed by atoms with van der Waals surface area (Å²) in [5, 5.41) is 8.93. The lowest BCUT2D eigenvalue weighted by molar-refractivity contribution is -0.139. The Morgan fingerprint density at radius 3 is 2.53 bits per heavy atom. The molecule has 1 aromatic carbocycles. The summed E-state index contributed by atoms with van der Waals surface area (Å²) < 4.78 is -0.418. The largest absolute Gasteiger partial charge is 0.480 e. The van der Waals surface area contributed by atoms with Gasteiger partial charge in [0.25, 0.3) is 0 Å². The molecular weight excluding hydrogens is 258 g/mol. The second kappa shape index (κ2) is 7.56. The zero-order valence-electron chi connectivity index (χ0n) is 11.6. The molecule has 1 aromatic rings. The lowest BCUT2D eigenvalue weighted by atomic mass is 10.1. The summed E-state index contributed by atoms with van der Waals surface area (Å²) in [6.07, 6.45) is 3.28. The van der Waals surface area contributed by atoms with E-state index in [-0.39, 0.29) is 0 Å². The monoisotopic (exact) mass is 281 g/mol. The van der Waals surface area contributed by atoms with Crippen molar-refractivity contribution >= 4 is 17.7 Å². The normalized spacial score (nSPS) is 13.2. The molecule has 4 heteroatoms. The van der Waals surface area contributed by atoms with Gasteiger partial charge in [-0.25, -0.2) is 0 Å². The van der Waals surface area contributed by atoms with Gasteiger partial charge >= 0.3 is 5.97 Å². The number of aliphatic carboxylic acids is 1. The maximum Gasteiger partial charge on any atom is 0.321 e. The number of benzene rings is 1. The molecule has 1 rings (SSSR count). The summed E-state index contributed by atoms with van der Waals surface area (Å²) in [6.45, 7) is 3.79. The molecule has 0 bridgehead atoms. The topological polar surface area (TPSA) is 63.3 Å². The van der Waals surface area contributed by atoms with E-state index in [2.05, 4.69) is 24.3 Å². The molecule has 19 heavy (non-hydrogen) atoms. The molecule has 0 heterocycles. The molecule has 3 N–H and O–H groups in total. The third-order valence-corrected chi connectivity index (χ3v) is 4.68. The second-order valence-electron chi connectivity index (χ2n) is 5.21. The molecule has 0 fully saturated rings. The van der Waals surface area contributed by atoms with Crippen molar-refractivity contribution in [3.8, 4) is 0 Å². The van der Waals surface area contributed by atoms with E-state index >= 15 is 0 Å². The molecule has 0 saturated heterocycles. The fraction of sp³-hybridized carbons (Fsp3) is 0.533. The zero-order chi connectivity index (χ0) is 14.3. The Morgan fingerprint density at radius 1 is 1.32 bits per heavy atom. The van der Waals surface area contributed by atoms with Gasteiger partial charge in [-0.1, -0.05) is 30.3 Å². The highest BCUT2D eigenvalue weighted by atomic mass is 32.2. The van der Waals surface area contributed by atoms with Gasteiger partial charge in [0.15, 0.2) is 0 Å². The molecule has 106 valence electrons. The molecule has 1 atom stereocenters. The average Bonchev–Trinajstić information content (AvgIpc) is 2.38. The molecule has 0 radical (unpaired) electrons.